The lowest BCUT2D eigenvalue weighted by atomic mass is 10.2. The molecule has 3 aromatic rings. The standard InChI is InChI=1S/C23H25N3O4S/c1-27-18-5-2-3-6-19(18)30-13-14-31-23-25-24-22(26(23)17-8-9-17)16-7-10-20-21(15-16)29-12-4-11-28-20/h2-3,5-7,10,15,17H,4,8-9,11-14H2,1H3. The second-order valence-electron chi connectivity index (χ2n) is 7.47. The number of methoxy groups -OCH3 is 1. The average Bonchev–Trinajstić information content (AvgIpc) is 3.60. The van der Waals surface area contributed by atoms with Gasteiger partial charge in [-0.15, -0.1) is 10.2 Å². The molecule has 31 heavy (non-hydrogen) atoms. The predicted molar refractivity (Wildman–Crippen MR) is 119 cm³/mol. The molecule has 0 saturated heterocycles. The summed E-state index contributed by atoms with van der Waals surface area (Å²) in [6, 6.07) is 14.2. The third kappa shape index (κ3) is 4.44. The number of rotatable bonds is 8. The Kier molecular flexibility index (Phi) is 5.88. The summed E-state index contributed by atoms with van der Waals surface area (Å²) < 4.78 is 25.1. The molecule has 1 saturated carbocycles. The van der Waals surface area contributed by atoms with Crippen LogP contribution >= 0.6 is 11.8 Å². The summed E-state index contributed by atoms with van der Waals surface area (Å²) in [5.41, 5.74) is 1.00. The SMILES string of the molecule is COc1ccccc1OCCSc1nnc(-c2ccc3c(c2)OCCCO3)n1C1CC1. The summed E-state index contributed by atoms with van der Waals surface area (Å²) in [7, 11) is 1.65. The Morgan fingerprint density at radius 3 is 2.65 bits per heavy atom. The Morgan fingerprint density at radius 1 is 1.03 bits per heavy atom. The van der Waals surface area contributed by atoms with Crippen molar-refractivity contribution in [1.82, 2.24) is 14.8 Å². The van der Waals surface area contributed by atoms with E-state index in [1.165, 1.54) is 0 Å². The average molecular weight is 440 g/mol. The summed E-state index contributed by atoms with van der Waals surface area (Å²) in [6.07, 6.45) is 3.20. The Balaban J connectivity index is 1.30. The minimum Gasteiger partial charge on any atom is -0.493 e. The van der Waals surface area contributed by atoms with E-state index in [1.54, 1.807) is 18.9 Å². The van der Waals surface area contributed by atoms with Crippen molar-refractivity contribution in [1.29, 1.82) is 0 Å². The van der Waals surface area contributed by atoms with Crippen LogP contribution in [-0.4, -0.2) is 47.4 Å². The molecular weight excluding hydrogens is 414 g/mol. The maximum atomic E-state index is 5.90. The van der Waals surface area contributed by atoms with E-state index in [4.69, 9.17) is 18.9 Å². The van der Waals surface area contributed by atoms with Gasteiger partial charge in [0.2, 0.25) is 0 Å². The highest BCUT2D eigenvalue weighted by Gasteiger charge is 2.30. The molecule has 0 spiro atoms. The van der Waals surface area contributed by atoms with Gasteiger partial charge < -0.3 is 18.9 Å². The van der Waals surface area contributed by atoms with Crippen LogP contribution in [0.3, 0.4) is 0 Å². The van der Waals surface area contributed by atoms with Crippen LogP contribution in [0.15, 0.2) is 47.6 Å². The van der Waals surface area contributed by atoms with Crippen molar-refractivity contribution in [2.75, 3.05) is 32.7 Å². The molecule has 5 rings (SSSR count). The van der Waals surface area contributed by atoms with Crippen LogP contribution in [0.2, 0.25) is 0 Å². The first kappa shape index (κ1) is 20.1. The van der Waals surface area contributed by atoms with Gasteiger partial charge in [-0.1, -0.05) is 23.9 Å². The van der Waals surface area contributed by atoms with Crippen LogP contribution in [0.1, 0.15) is 25.3 Å². The smallest absolute Gasteiger partial charge is 0.191 e. The van der Waals surface area contributed by atoms with Crippen LogP contribution in [0.25, 0.3) is 11.4 Å². The van der Waals surface area contributed by atoms with E-state index in [2.05, 4.69) is 14.8 Å². The lowest BCUT2D eigenvalue weighted by Crippen LogP contribution is -2.04. The zero-order valence-corrected chi connectivity index (χ0v) is 18.3. The molecule has 1 aliphatic carbocycles. The summed E-state index contributed by atoms with van der Waals surface area (Å²) in [5, 5.41) is 9.93. The summed E-state index contributed by atoms with van der Waals surface area (Å²) in [4.78, 5) is 0. The molecule has 1 aliphatic heterocycles. The molecule has 0 bridgehead atoms. The lowest BCUT2D eigenvalue weighted by molar-refractivity contribution is 0.297. The van der Waals surface area contributed by atoms with E-state index in [0.717, 1.165) is 64.6 Å². The number of hydrogen-bond donors (Lipinski definition) is 0. The Morgan fingerprint density at radius 2 is 1.84 bits per heavy atom. The van der Waals surface area contributed by atoms with E-state index in [-0.39, 0.29) is 0 Å². The fraction of sp³-hybridized carbons (Fsp3) is 0.391. The molecule has 0 atom stereocenters. The van der Waals surface area contributed by atoms with Gasteiger partial charge in [0.1, 0.15) is 0 Å². The largest absolute Gasteiger partial charge is 0.493 e. The van der Waals surface area contributed by atoms with Crippen molar-refractivity contribution in [3.8, 4) is 34.4 Å². The first-order chi connectivity index (χ1) is 15.3. The van der Waals surface area contributed by atoms with Crippen LogP contribution in [0, 0.1) is 0 Å². The number of thioether (sulfide) groups is 1. The van der Waals surface area contributed by atoms with Gasteiger partial charge in [0.25, 0.3) is 0 Å². The highest BCUT2D eigenvalue weighted by atomic mass is 32.2. The van der Waals surface area contributed by atoms with E-state index in [1.807, 2.05) is 42.5 Å². The molecule has 1 aromatic heterocycles. The molecule has 0 radical (unpaired) electrons. The molecule has 0 N–H and O–H groups in total. The molecule has 7 nitrogen and oxygen atoms in total. The van der Waals surface area contributed by atoms with E-state index in [9.17, 15) is 0 Å². The fourth-order valence-electron chi connectivity index (χ4n) is 3.56. The normalized spacial score (nSPS) is 15.4. The lowest BCUT2D eigenvalue weighted by Gasteiger charge is -2.12. The van der Waals surface area contributed by atoms with Gasteiger partial charge in [-0.05, 0) is 43.2 Å². The maximum absolute atomic E-state index is 5.90. The van der Waals surface area contributed by atoms with Crippen molar-refractivity contribution >= 4 is 11.8 Å². The number of aromatic nitrogens is 3. The van der Waals surface area contributed by atoms with Crippen molar-refractivity contribution in [2.45, 2.75) is 30.5 Å². The summed E-state index contributed by atoms with van der Waals surface area (Å²) >= 11 is 1.66. The second-order valence-corrected chi connectivity index (χ2v) is 8.53. The van der Waals surface area contributed by atoms with Gasteiger partial charge in [-0.3, -0.25) is 4.57 Å². The zero-order valence-electron chi connectivity index (χ0n) is 17.5. The van der Waals surface area contributed by atoms with Crippen molar-refractivity contribution in [3.63, 3.8) is 0 Å². The minimum atomic E-state index is 0.457. The van der Waals surface area contributed by atoms with Gasteiger partial charge >= 0.3 is 0 Å². The molecule has 0 amide bonds. The van der Waals surface area contributed by atoms with Gasteiger partial charge in [-0.2, -0.15) is 0 Å². The maximum Gasteiger partial charge on any atom is 0.191 e. The first-order valence-electron chi connectivity index (χ1n) is 10.6. The van der Waals surface area contributed by atoms with Crippen LogP contribution in [0.4, 0.5) is 0 Å². The van der Waals surface area contributed by atoms with E-state index < -0.39 is 0 Å². The Labute approximate surface area is 185 Å². The zero-order chi connectivity index (χ0) is 21.0. The third-order valence-electron chi connectivity index (χ3n) is 5.22. The van der Waals surface area contributed by atoms with Gasteiger partial charge in [0.15, 0.2) is 34.0 Å². The van der Waals surface area contributed by atoms with Gasteiger partial charge in [-0.25, -0.2) is 0 Å². The van der Waals surface area contributed by atoms with Crippen molar-refractivity contribution < 1.29 is 18.9 Å². The Bertz CT molecular complexity index is 1050. The molecule has 2 aliphatic rings. The minimum absolute atomic E-state index is 0.457. The van der Waals surface area contributed by atoms with E-state index in [0.29, 0.717) is 25.9 Å². The third-order valence-corrected chi connectivity index (χ3v) is 6.13. The molecule has 2 aromatic carbocycles. The molecule has 8 heteroatoms. The predicted octanol–water partition coefficient (Wildman–Crippen LogP) is 4.62. The number of hydrogen-bond acceptors (Lipinski definition) is 7. The molecular formula is C23H25N3O4S. The monoisotopic (exact) mass is 439 g/mol. The highest BCUT2D eigenvalue weighted by molar-refractivity contribution is 7.99. The number of ether oxygens (including phenoxy) is 4. The number of benzene rings is 2. The number of fused-ring (bicyclic) bond motifs is 1. The number of para-hydroxylation sites is 2. The summed E-state index contributed by atoms with van der Waals surface area (Å²) in [5.74, 6) is 4.71. The van der Waals surface area contributed by atoms with E-state index >= 15 is 0 Å². The van der Waals surface area contributed by atoms with Crippen molar-refractivity contribution in [3.05, 3.63) is 42.5 Å². The molecule has 2 heterocycles. The van der Waals surface area contributed by atoms with Gasteiger partial charge in [0, 0.05) is 23.8 Å². The van der Waals surface area contributed by atoms with Crippen LogP contribution < -0.4 is 18.9 Å². The second kappa shape index (κ2) is 9.09. The van der Waals surface area contributed by atoms with Gasteiger partial charge in [0.05, 0.1) is 26.9 Å². The molecule has 162 valence electrons. The summed E-state index contributed by atoms with van der Waals surface area (Å²) in [6.45, 7) is 1.91. The van der Waals surface area contributed by atoms with Crippen molar-refractivity contribution in [2.24, 2.45) is 0 Å². The fourth-order valence-corrected chi connectivity index (χ4v) is 4.38. The topological polar surface area (TPSA) is 67.6 Å². The molecule has 0 unspecified atom stereocenters. The number of nitrogens with zero attached hydrogens (tertiary/aromatic N) is 3. The van der Waals surface area contributed by atoms with Crippen LogP contribution in [0.5, 0.6) is 23.0 Å². The quantitative estimate of drug-likeness (QED) is 0.375. The highest BCUT2D eigenvalue weighted by Crippen LogP contribution is 2.42. The molecule has 1 fully saturated rings. The Hall–Kier alpha value is -2.87. The first-order valence-corrected chi connectivity index (χ1v) is 11.6. The van der Waals surface area contributed by atoms with Crippen LogP contribution in [-0.2, 0) is 0 Å².